The molecule has 1 aromatic heterocycles. The Morgan fingerprint density at radius 1 is 1.18 bits per heavy atom. The van der Waals surface area contributed by atoms with E-state index in [4.69, 9.17) is 0 Å². The van der Waals surface area contributed by atoms with Crippen LogP contribution in [0, 0.1) is 0 Å². The topological polar surface area (TPSA) is 68.4 Å². The zero-order valence-corrected chi connectivity index (χ0v) is 13.6. The maximum Gasteiger partial charge on any atom is 0.242 e. The molecule has 2 fully saturated rings. The molecule has 0 spiro atoms. The second-order valence-electron chi connectivity index (χ2n) is 6.75. The Labute approximate surface area is 131 Å². The highest BCUT2D eigenvalue weighted by Gasteiger charge is 2.39. The van der Waals surface area contributed by atoms with E-state index in [0.29, 0.717) is 0 Å². The van der Waals surface area contributed by atoms with E-state index in [-0.39, 0.29) is 11.4 Å². The van der Waals surface area contributed by atoms with Gasteiger partial charge in [-0.05, 0) is 39.8 Å². The predicted octanol–water partition coefficient (Wildman–Crippen LogP) is 0.323. The fourth-order valence-electron chi connectivity index (χ4n) is 3.43. The van der Waals surface area contributed by atoms with Gasteiger partial charge in [-0.25, -0.2) is 4.98 Å². The van der Waals surface area contributed by atoms with Crippen molar-refractivity contribution in [2.24, 2.45) is 0 Å². The van der Waals surface area contributed by atoms with Gasteiger partial charge >= 0.3 is 0 Å². The first-order valence-electron chi connectivity index (χ1n) is 8.18. The summed E-state index contributed by atoms with van der Waals surface area (Å²) in [5.41, 5.74) is -0.371. The first-order chi connectivity index (χ1) is 10.6. The molecule has 0 bridgehead atoms. The van der Waals surface area contributed by atoms with Crippen molar-refractivity contribution in [1.29, 1.82) is 0 Å². The van der Waals surface area contributed by atoms with E-state index >= 15 is 0 Å². The maximum absolute atomic E-state index is 12.9. The smallest absolute Gasteiger partial charge is 0.242 e. The maximum atomic E-state index is 12.9. The number of aromatic nitrogens is 3. The summed E-state index contributed by atoms with van der Waals surface area (Å²) in [5.74, 6) is 1.16. The molecule has 0 unspecified atom stereocenters. The van der Waals surface area contributed by atoms with Crippen LogP contribution in [0.1, 0.15) is 32.5 Å². The lowest BCUT2D eigenvalue weighted by Gasteiger charge is -2.41. The summed E-state index contributed by atoms with van der Waals surface area (Å²) in [4.78, 5) is 23.7. The minimum absolute atomic E-state index is 0.272. The van der Waals surface area contributed by atoms with Gasteiger partial charge in [0.05, 0.1) is 12.1 Å². The molecule has 1 aromatic rings. The van der Waals surface area contributed by atoms with Crippen molar-refractivity contribution < 1.29 is 4.79 Å². The molecule has 3 rings (SSSR count). The minimum Gasteiger partial charge on any atom is -0.339 e. The number of amides is 1. The summed E-state index contributed by atoms with van der Waals surface area (Å²) in [7, 11) is 0. The highest BCUT2D eigenvalue weighted by atomic mass is 16.2. The Balaban J connectivity index is 1.53. The zero-order chi connectivity index (χ0) is 15.6. The quantitative estimate of drug-likeness (QED) is 0.868. The first-order valence-corrected chi connectivity index (χ1v) is 8.18. The van der Waals surface area contributed by atoms with Gasteiger partial charge in [0, 0.05) is 26.2 Å². The summed E-state index contributed by atoms with van der Waals surface area (Å²) >= 11 is 0. The lowest BCUT2D eigenvalue weighted by Crippen LogP contribution is -2.59. The van der Waals surface area contributed by atoms with Gasteiger partial charge in [0.25, 0.3) is 0 Å². The molecule has 1 amide bonds. The molecule has 2 aliphatic rings. The number of hydrogen-bond acceptors (Lipinski definition) is 5. The van der Waals surface area contributed by atoms with Gasteiger partial charge in [-0.1, -0.05) is 0 Å². The van der Waals surface area contributed by atoms with Crippen molar-refractivity contribution >= 4 is 5.91 Å². The van der Waals surface area contributed by atoms with Crippen LogP contribution in [0.15, 0.2) is 6.33 Å². The Morgan fingerprint density at radius 2 is 1.86 bits per heavy atom. The number of carbonyl (C=O) groups is 1. The van der Waals surface area contributed by atoms with Crippen molar-refractivity contribution in [2.75, 3.05) is 39.3 Å². The van der Waals surface area contributed by atoms with Gasteiger partial charge in [0.2, 0.25) is 5.91 Å². The van der Waals surface area contributed by atoms with Crippen LogP contribution in [0.3, 0.4) is 0 Å². The molecule has 7 heteroatoms. The molecule has 2 aliphatic heterocycles. The standard InChI is InChI=1S/C15H26N6O/c1-15(2,21-5-3-4-6-21)14(22)20-9-7-19(8-10-20)11-13-16-12-17-18-13/h12H,3-11H2,1-2H3,(H,16,17,18). The van der Waals surface area contributed by atoms with E-state index in [1.807, 2.05) is 4.90 Å². The monoisotopic (exact) mass is 306 g/mol. The van der Waals surface area contributed by atoms with Crippen LogP contribution in [-0.4, -0.2) is 80.6 Å². The van der Waals surface area contributed by atoms with Crippen molar-refractivity contribution in [3.63, 3.8) is 0 Å². The molecule has 0 atom stereocenters. The molecule has 3 heterocycles. The van der Waals surface area contributed by atoms with Crippen molar-refractivity contribution in [3.8, 4) is 0 Å². The second-order valence-corrected chi connectivity index (χ2v) is 6.75. The summed E-state index contributed by atoms with van der Waals surface area (Å²) < 4.78 is 0. The third kappa shape index (κ3) is 3.15. The molecule has 0 saturated carbocycles. The first kappa shape index (κ1) is 15.4. The lowest BCUT2D eigenvalue weighted by molar-refractivity contribution is -0.144. The summed E-state index contributed by atoms with van der Waals surface area (Å²) in [5, 5.41) is 6.76. The Kier molecular flexibility index (Phi) is 4.44. The van der Waals surface area contributed by atoms with Crippen molar-refractivity contribution in [2.45, 2.75) is 38.8 Å². The average Bonchev–Trinajstić information content (AvgIpc) is 3.21. The number of likely N-dealkylation sites (tertiary alicyclic amines) is 1. The van der Waals surface area contributed by atoms with E-state index in [1.165, 1.54) is 19.2 Å². The van der Waals surface area contributed by atoms with Gasteiger partial charge in [-0.2, -0.15) is 5.10 Å². The molecule has 7 nitrogen and oxygen atoms in total. The van der Waals surface area contributed by atoms with Crippen LogP contribution in [0.4, 0.5) is 0 Å². The average molecular weight is 306 g/mol. The van der Waals surface area contributed by atoms with Gasteiger partial charge in [-0.3, -0.25) is 19.7 Å². The predicted molar refractivity (Wildman–Crippen MR) is 83.1 cm³/mol. The van der Waals surface area contributed by atoms with Crippen LogP contribution in [0.25, 0.3) is 0 Å². The normalized spacial score (nSPS) is 21.5. The van der Waals surface area contributed by atoms with E-state index in [2.05, 4.69) is 38.8 Å². The van der Waals surface area contributed by atoms with Crippen LogP contribution in [0.5, 0.6) is 0 Å². The summed E-state index contributed by atoms with van der Waals surface area (Å²) in [6, 6.07) is 0. The van der Waals surface area contributed by atoms with E-state index in [9.17, 15) is 4.79 Å². The molecule has 22 heavy (non-hydrogen) atoms. The Morgan fingerprint density at radius 3 is 2.45 bits per heavy atom. The fraction of sp³-hybridized carbons (Fsp3) is 0.800. The molecular weight excluding hydrogens is 280 g/mol. The minimum atomic E-state index is -0.371. The number of carbonyl (C=O) groups excluding carboxylic acids is 1. The van der Waals surface area contributed by atoms with E-state index < -0.39 is 0 Å². The van der Waals surface area contributed by atoms with Gasteiger partial charge in [0.15, 0.2) is 0 Å². The van der Waals surface area contributed by atoms with Crippen LogP contribution in [-0.2, 0) is 11.3 Å². The van der Waals surface area contributed by atoms with Crippen LogP contribution < -0.4 is 0 Å². The SMILES string of the molecule is CC(C)(C(=O)N1CCN(Cc2ncn[nH]2)CC1)N1CCCC1. The third-order valence-electron chi connectivity index (χ3n) is 4.92. The van der Waals surface area contributed by atoms with E-state index in [1.54, 1.807) is 0 Å². The largest absolute Gasteiger partial charge is 0.339 e. The highest BCUT2D eigenvalue weighted by molar-refractivity contribution is 5.85. The summed E-state index contributed by atoms with van der Waals surface area (Å²) in [6.07, 6.45) is 3.96. The van der Waals surface area contributed by atoms with Gasteiger partial charge in [0.1, 0.15) is 12.2 Å². The number of rotatable bonds is 4. The number of hydrogen-bond donors (Lipinski definition) is 1. The van der Waals surface area contributed by atoms with Gasteiger partial charge in [-0.15, -0.1) is 0 Å². The van der Waals surface area contributed by atoms with Crippen LogP contribution >= 0.6 is 0 Å². The second kappa shape index (κ2) is 6.34. The molecule has 0 aliphatic carbocycles. The Hall–Kier alpha value is -1.47. The number of piperazine rings is 1. The fourth-order valence-corrected chi connectivity index (χ4v) is 3.43. The third-order valence-corrected chi connectivity index (χ3v) is 4.92. The number of nitrogens with one attached hydrogen (secondary N) is 1. The highest BCUT2D eigenvalue weighted by Crippen LogP contribution is 2.23. The zero-order valence-electron chi connectivity index (χ0n) is 13.6. The van der Waals surface area contributed by atoms with Gasteiger partial charge < -0.3 is 4.90 Å². The summed E-state index contributed by atoms with van der Waals surface area (Å²) in [6.45, 7) is 10.4. The molecule has 0 aromatic carbocycles. The Bertz CT molecular complexity index is 486. The number of aromatic amines is 1. The number of nitrogens with zero attached hydrogens (tertiary/aromatic N) is 5. The molecular formula is C15H26N6O. The molecule has 0 radical (unpaired) electrons. The van der Waals surface area contributed by atoms with Crippen molar-refractivity contribution in [3.05, 3.63) is 12.2 Å². The molecule has 122 valence electrons. The van der Waals surface area contributed by atoms with Crippen LogP contribution in [0.2, 0.25) is 0 Å². The molecule has 2 saturated heterocycles. The molecule has 1 N–H and O–H groups in total. The van der Waals surface area contributed by atoms with E-state index in [0.717, 1.165) is 51.6 Å². The lowest BCUT2D eigenvalue weighted by atomic mass is 10.0. The van der Waals surface area contributed by atoms with Crippen molar-refractivity contribution in [1.82, 2.24) is 29.9 Å². The number of H-pyrrole nitrogens is 1.